The van der Waals surface area contributed by atoms with Gasteiger partial charge in [-0.3, -0.25) is 0 Å². The highest BCUT2D eigenvalue weighted by molar-refractivity contribution is 14.1. The maximum absolute atomic E-state index is 13.3. The van der Waals surface area contributed by atoms with E-state index >= 15 is 0 Å². The first-order valence-electron chi connectivity index (χ1n) is 4.51. The van der Waals surface area contributed by atoms with Gasteiger partial charge < -0.3 is 10.5 Å². The van der Waals surface area contributed by atoms with Gasteiger partial charge in [0.2, 0.25) is 0 Å². The number of hydrogen-bond acceptors (Lipinski definition) is 3. The molecule has 1 aromatic heterocycles. The van der Waals surface area contributed by atoms with Crippen molar-refractivity contribution in [2.75, 3.05) is 5.73 Å². The number of rotatable bonds is 2. The Bertz CT molecular complexity index is 519. The topological polar surface area (TPSA) is 48.1 Å². The largest absolute Gasteiger partial charge is 0.453 e. The Labute approximate surface area is 106 Å². The zero-order valence-corrected chi connectivity index (χ0v) is 10.3. The van der Waals surface area contributed by atoms with Gasteiger partial charge in [-0.15, -0.1) is 0 Å². The molecule has 16 heavy (non-hydrogen) atoms. The Morgan fingerprint density at radius 1 is 1.19 bits per heavy atom. The van der Waals surface area contributed by atoms with Gasteiger partial charge in [0.25, 0.3) is 0 Å². The summed E-state index contributed by atoms with van der Waals surface area (Å²) in [5.41, 5.74) is 5.62. The van der Waals surface area contributed by atoms with Crippen LogP contribution in [0.25, 0.3) is 0 Å². The van der Waals surface area contributed by atoms with Crippen LogP contribution >= 0.6 is 22.6 Å². The van der Waals surface area contributed by atoms with Gasteiger partial charge in [0.1, 0.15) is 11.6 Å². The fourth-order valence-electron chi connectivity index (χ4n) is 1.17. The van der Waals surface area contributed by atoms with Gasteiger partial charge in [-0.25, -0.2) is 9.37 Å². The minimum Gasteiger partial charge on any atom is -0.453 e. The maximum Gasteiger partial charge on any atom is 0.165 e. The quantitative estimate of drug-likeness (QED) is 0.861. The van der Waals surface area contributed by atoms with Crippen molar-refractivity contribution >= 4 is 28.4 Å². The molecule has 0 aliphatic rings. The molecule has 0 saturated heterocycles. The normalized spacial score (nSPS) is 10.1. The number of benzene rings is 1. The molecule has 0 saturated carbocycles. The van der Waals surface area contributed by atoms with E-state index in [0.717, 1.165) is 0 Å². The van der Waals surface area contributed by atoms with E-state index in [2.05, 4.69) is 4.98 Å². The Kier molecular flexibility index (Phi) is 3.23. The summed E-state index contributed by atoms with van der Waals surface area (Å²) in [7, 11) is 0. The van der Waals surface area contributed by atoms with E-state index in [1.807, 2.05) is 22.6 Å². The summed E-state index contributed by atoms with van der Waals surface area (Å²) in [5, 5.41) is 0. The van der Waals surface area contributed by atoms with Gasteiger partial charge in [-0.2, -0.15) is 0 Å². The zero-order valence-electron chi connectivity index (χ0n) is 8.15. The van der Waals surface area contributed by atoms with Crippen LogP contribution in [0.5, 0.6) is 11.5 Å². The molecule has 1 heterocycles. The lowest BCUT2D eigenvalue weighted by Crippen LogP contribution is -1.97. The third-order valence-electron chi connectivity index (χ3n) is 1.94. The minimum absolute atomic E-state index is 0.172. The predicted molar refractivity (Wildman–Crippen MR) is 67.8 cm³/mol. The molecule has 0 fully saturated rings. The molecule has 0 atom stereocenters. The van der Waals surface area contributed by atoms with Crippen LogP contribution in [0.1, 0.15) is 0 Å². The third kappa shape index (κ3) is 2.24. The standard InChI is InChI=1S/C11H8FIN2O/c12-7-3-1-2-4-8(7)16-9-5-6-15-11(14)10(9)13/h1-6H,(H2,14,15). The second-order valence-corrected chi connectivity index (χ2v) is 4.12. The van der Waals surface area contributed by atoms with Crippen LogP contribution in [-0.4, -0.2) is 4.98 Å². The summed E-state index contributed by atoms with van der Waals surface area (Å²) in [5.74, 6) is 0.632. The Morgan fingerprint density at radius 2 is 1.94 bits per heavy atom. The van der Waals surface area contributed by atoms with E-state index in [4.69, 9.17) is 10.5 Å². The van der Waals surface area contributed by atoms with E-state index in [1.54, 1.807) is 24.3 Å². The smallest absolute Gasteiger partial charge is 0.165 e. The molecule has 5 heteroatoms. The molecule has 1 aromatic carbocycles. The van der Waals surface area contributed by atoms with Crippen LogP contribution in [0.2, 0.25) is 0 Å². The number of nitrogens with zero attached hydrogens (tertiary/aromatic N) is 1. The Balaban J connectivity index is 2.35. The summed E-state index contributed by atoms with van der Waals surface area (Å²) in [6.07, 6.45) is 1.52. The molecular weight excluding hydrogens is 322 g/mol. The number of pyridine rings is 1. The van der Waals surface area contributed by atoms with E-state index in [-0.39, 0.29) is 5.75 Å². The predicted octanol–water partition coefficient (Wildman–Crippen LogP) is 3.20. The molecule has 0 aliphatic heterocycles. The highest BCUT2D eigenvalue weighted by atomic mass is 127. The molecule has 2 aromatic rings. The number of aromatic nitrogens is 1. The van der Waals surface area contributed by atoms with Crippen molar-refractivity contribution < 1.29 is 9.13 Å². The number of nitrogens with two attached hydrogens (primary N) is 1. The molecule has 0 aliphatic carbocycles. The molecule has 82 valence electrons. The average molecular weight is 330 g/mol. The van der Waals surface area contributed by atoms with Crippen molar-refractivity contribution in [1.82, 2.24) is 4.98 Å². The average Bonchev–Trinajstić information content (AvgIpc) is 2.28. The van der Waals surface area contributed by atoms with Crippen LogP contribution in [0.3, 0.4) is 0 Å². The summed E-state index contributed by atoms with van der Waals surface area (Å²) >= 11 is 2.01. The highest BCUT2D eigenvalue weighted by Crippen LogP contribution is 2.30. The lowest BCUT2D eigenvalue weighted by atomic mass is 10.3. The van der Waals surface area contributed by atoms with Crippen LogP contribution < -0.4 is 10.5 Å². The molecule has 0 spiro atoms. The van der Waals surface area contributed by atoms with Crippen molar-refractivity contribution in [3.63, 3.8) is 0 Å². The van der Waals surface area contributed by atoms with Crippen molar-refractivity contribution in [2.24, 2.45) is 0 Å². The highest BCUT2D eigenvalue weighted by Gasteiger charge is 2.08. The van der Waals surface area contributed by atoms with Gasteiger partial charge >= 0.3 is 0 Å². The van der Waals surface area contributed by atoms with Crippen molar-refractivity contribution in [3.8, 4) is 11.5 Å². The summed E-state index contributed by atoms with van der Waals surface area (Å²) in [6.45, 7) is 0. The van der Waals surface area contributed by atoms with Crippen LogP contribution in [-0.2, 0) is 0 Å². The molecule has 0 bridgehead atoms. The second-order valence-electron chi connectivity index (χ2n) is 3.04. The van der Waals surface area contributed by atoms with Gasteiger partial charge in [-0.05, 0) is 34.7 Å². The van der Waals surface area contributed by atoms with Crippen molar-refractivity contribution in [3.05, 3.63) is 45.9 Å². The summed E-state index contributed by atoms with van der Waals surface area (Å²) in [4.78, 5) is 3.90. The fourth-order valence-corrected chi connectivity index (χ4v) is 1.60. The first-order chi connectivity index (χ1) is 7.68. The zero-order chi connectivity index (χ0) is 11.5. The van der Waals surface area contributed by atoms with Crippen LogP contribution in [0.15, 0.2) is 36.5 Å². The van der Waals surface area contributed by atoms with Gasteiger partial charge in [0.15, 0.2) is 11.6 Å². The monoisotopic (exact) mass is 330 g/mol. The van der Waals surface area contributed by atoms with Gasteiger partial charge in [0, 0.05) is 12.3 Å². The first kappa shape index (κ1) is 11.1. The molecule has 2 rings (SSSR count). The van der Waals surface area contributed by atoms with Crippen molar-refractivity contribution in [1.29, 1.82) is 0 Å². The SMILES string of the molecule is Nc1nccc(Oc2ccccc2F)c1I. The van der Waals surface area contributed by atoms with Crippen LogP contribution in [0, 0.1) is 9.39 Å². The van der Waals surface area contributed by atoms with E-state index < -0.39 is 5.82 Å². The number of anilines is 1. The minimum atomic E-state index is -0.409. The molecule has 3 nitrogen and oxygen atoms in total. The Morgan fingerprint density at radius 3 is 2.69 bits per heavy atom. The molecule has 2 N–H and O–H groups in total. The fraction of sp³-hybridized carbons (Fsp3) is 0. The van der Waals surface area contributed by atoms with Crippen LogP contribution in [0.4, 0.5) is 10.2 Å². The maximum atomic E-state index is 13.3. The molecule has 0 amide bonds. The van der Waals surface area contributed by atoms with E-state index in [9.17, 15) is 4.39 Å². The number of halogens is 2. The van der Waals surface area contributed by atoms with Gasteiger partial charge in [-0.1, -0.05) is 12.1 Å². The lowest BCUT2D eigenvalue weighted by Gasteiger charge is -2.08. The third-order valence-corrected chi connectivity index (χ3v) is 3.02. The number of nitrogen functional groups attached to an aromatic ring is 1. The second kappa shape index (κ2) is 4.65. The summed E-state index contributed by atoms with van der Waals surface area (Å²) < 4.78 is 19.4. The number of ether oxygens (including phenoxy) is 1. The number of hydrogen-bond donors (Lipinski definition) is 1. The molecular formula is C11H8FIN2O. The molecule has 0 radical (unpaired) electrons. The van der Waals surface area contributed by atoms with Gasteiger partial charge in [0.05, 0.1) is 3.57 Å². The molecule has 0 unspecified atom stereocenters. The first-order valence-corrected chi connectivity index (χ1v) is 5.58. The van der Waals surface area contributed by atoms with Crippen molar-refractivity contribution in [2.45, 2.75) is 0 Å². The summed E-state index contributed by atoms with van der Waals surface area (Å²) in [6, 6.07) is 7.85. The van der Waals surface area contributed by atoms with E-state index in [1.165, 1.54) is 12.3 Å². The lowest BCUT2D eigenvalue weighted by molar-refractivity contribution is 0.439. The van der Waals surface area contributed by atoms with E-state index in [0.29, 0.717) is 15.1 Å². The number of para-hydroxylation sites is 1. The Hall–Kier alpha value is -1.37.